The van der Waals surface area contributed by atoms with E-state index in [2.05, 4.69) is 10.3 Å². The second-order valence-electron chi connectivity index (χ2n) is 8.39. The van der Waals surface area contributed by atoms with Gasteiger partial charge in [-0.15, -0.1) is 16.4 Å². The number of carbonyl (C=O) groups excluding carboxylic acids is 2. The van der Waals surface area contributed by atoms with Crippen LogP contribution < -0.4 is 0 Å². The van der Waals surface area contributed by atoms with Gasteiger partial charge in [-0.3, -0.25) is 9.59 Å². The number of hydrogen-bond donors (Lipinski definition) is 1. The number of aliphatic hydroxyl groups excluding tert-OH is 1. The molecule has 164 valence electrons. The van der Waals surface area contributed by atoms with E-state index in [1.165, 1.54) is 15.8 Å². The van der Waals surface area contributed by atoms with E-state index in [4.69, 9.17) is 4.98 Å². The molecule has 1 N–H and O–H groups in total. The van der Waals surface area contributed by atoms with Crippen molar-refractivity contribution in [1.82, 2.24) is 29.8 Å². The molecule has 3 aromatic rings. The molecule has 9 nitrogen and oxygen atoms in total. The summed E-state index contributed by atoms with van der Waals surface area (Å²) in [6.07, 6.45) is 1.35. The van der Waals surface area contributed by atoms with E-state index in [1.807, 2.05) is 38.1 Å². The molecule has 0 bridgehead atoms. The van der Waals surface area contributed by atoms with E-state index < -0.39 is 12.1 Å². The van der Waals surface area contributed by atoms with Gasteiger partial charge in [0.1, 0.15) is 11.0 Å². The summed E-state index contributed by atoms with van der Waals surface area (Å²) < 4.78 is 2.51. The van der Waals surface area contributed by atoms with Crippen molar-refractivity contribution in [2.24, 2.45) is 5.92 Å². The third kappa shape index (κ3) is 4.05. The van der Waals surface area contributed by atoms with Crippen molar-refractivity contribution in [3.8, 4) is 0 Å². The van der Waals surface area contributed by atoms with Crippen molar-refractivity contribution < 1.29 is 14.7 Å². The smallest absolute Gasteiger partial charge is 0.275 e. The number of aromatic nitrogens is 4. The predicted octanol–water partition coefficient (Wildman–Crippen LogP) is 2.12. The van der Waals surface area contributed by atoms with E-state index >= 15 is 0 Å². The summed E-state index contributed by atoms with van der Waals surface area (Å²) in [5.41, 5.74) is 1.08. The summed E-state index contributed by atoms with van der Waals surface area (Å²) in [5, 5.41) is 19.2. The fourth-order valence-corrected chi connectivity index (χ4v) is 5.03. The van der Waals surface area contributed by atoms with Crippen molar-refractivity contribution >= 4 is 33.4 Å². The summed E-state index contributed by atoms with van der Waals surface area (Å²) in [6, 6.07) is 6.91. The van der Waals surface area contributed by atoms with Gasteiger partial charge in [0.2, 0.25) is 5.91 Å². The first-order valence-corrected chi connectivity index (χ1v) is 11.1. The van der Waals surface area contributed by atoms with Crippen LogP contribution in [0.25, 0.3) is 10.2 Å². The summed E-state index contributed by atoms with van der Waals surface area (Å²) >= 11 is 1.54. The maximum absolute atomic E-state index is 13.7. The monoisotopic (exact) mass is 442 g/mol. The van der Waals surface area contributed by atoms with Crippen molar-refractivity contribution in [2.45, 2.75) is 38.5 Å². The zero-order valence-corrected chi connectivity index (χ0v) is 18.8. The van der Waals surface area contributed by atoms with Crippen LogP contribution in [0.15, 0.2) is 30.5 Å². The first-order valence-electron chi connectivity index (χ1n) is 10.2. The molecule has 0 spiro atoms. The van der Waals surface area contributed by atoms with Crippen molar-refractivity contribution in [3.63, 3.8) is 0 Å². The zero-order valence-electron chi connectivity index (χ0n) is 18.0. The molecule has 1 aliphatic rings. The van der Waals surface area contributed by atoms with Gasteiger partial charge in [-0.25, -0.2) is 9.67 Å². The molecule has 2 amide bonds. The Kier molecular flexibility index (Phi) is 5.76. The molecule has 10 heteroatoms. The quantitative estimate of drug-likeness (QED) is 0.649. The maximum Gasteiger partial charge on any atom is 0.275 e. The molecule has 0 unspecified atom stereocenters. The van der Waals surface area contributed by atoms with Crippen LogP contribution in [-0.4, -0.2) is 73.4 Å². The molecular weight excluding hydrogens is 416 g/mol. The lowest BCUT2D eigenvalue weighted by Crippen LogP contribution is -2.40. The van der Waals surface area contributed by atoms with Crippen LogP contribution in [0.5, 0.6) is 0 Å². The summed E-state index contributed by atoms with van der Waals surface area (Å²) in [6.45, 7) is 4.09. The number of amides is 2. The first-order chi connectivity index (χ1) is 14.8. The van der Waals surface area contributed by atoms with Crippen LogP contribution in [0.2, 0.25) is 0 Å². The van der Waals surface area contributed by atoms with Gasteiger partial charge in [-0.2, -0.15) is 0 Å². The molecule has 4 rings (SSSR count). The van der Waals surface area contributed by atoms with Gasteiger partial charge >= 0.3 is 0 Å². The Balaban J connectivity index is 1.65. The van der Waals surface area contributed by atoms with Crippen LogP contribution >= 0.6 is 11.3 Å². The maximum atomic E-state index is 13.7. The second kappa shape index (κ2) is 8.35. The molecule has 3 atom stereocenters. The van der Waals surface area contributed by atoms with Crippen molar-refractivity contribution in [1.29, 1.82) is 0 Å². The Morgan fingerprint density at radius 1 is 1.26 bits per heavy atom. The topological polar surface area (TPSA) is 104 Å². The number of likely N-dealkylation sites (tertiary alicyclic amines) is 1. The number of aliphatic hydroxyl groups is 1. The van der Waals surface area contributed by atoms with Gasteiger partial charge in [0.25, 0.3) is 5.91 Å². The van der Waals surface area contributed by atoms with E-state index in [-0.39, 0.29) is 36.0 Å². The summed E-state index contributed by atoms with van der Waals surface area (Å²) in [4.78, 5) is 33.7. The SMILES string of the molecule is CC(C)[C@@H](C(=O)N1C[C@H](O)C[C@H]1c1nc2ccccc2s1)n1cc(C(=O)N(C)C)nn1. The third-order valence-electron chi connectivity index (χ3n) is 5.46. The van der Waals surface area contributed by atoms with Crippen molar-refractivity contribution in [2.75, 3.05) is 20.6 Å². The molecule has 0 radical (unpaired) electrons. The van der Waals surface area contributed by atoms with Gasteiger partial charge < -0.3 is 14.9 Å². The zero-order chi connectivity index (χ0) is 22.3. The van der Waals surface area contributed by atoms with Crippen LogP contribution in [0.3, 0.4) is 0 Å². The molecule has 31 heavy (non-hydrogen) atoms. The Morgan fingerprint density at radius 3 is 2.68 bits per heavy atom. The standard InChI is InChI=1S/C21H26N6O3S/c1-12(2)18(27-11-15(23-24-27)20(29)25(3)4)21(30)26-10-13(28)9-16(26)19-22-14-7-5-6-8-17(14)31-19/h5-8,11-13,16,18,28H,9-10H2,1-4H3/t13-,16+,18+/m1/s1. The van der Waals surface area contributed by atoms with E-state index in [0.717, 1.165) is 15.2 Å². The van der Waals surface area contributed by atoms with E-state index in [1.54, 1.807) is 30.3 Å². The van der Waals surface area contributed by atoms with Gasteiger partial charge in [-0.05, 0) is 18.1 Å². The minimum atomic E-state index is -0.640. The highest BCUT2D eigenvalue weighted by Crippen LogP contribution is 2.38. The molecular formula is C21H26N6O3S. The van der Waals surface area contributed by atoms with Gasteiger partial charge in [0, 0.05) is 27.1 Å². The summed E-state index contributed by atoms with van der Waals surface area (Å²) in [5.74, 6) is -0.528. The largest absolute Gasteiger partial charge is 0.391 e. The fraction of sp³-hybridized carbons (Fsp3) is 0.476. The number of carbonyl (C=O) groups is 2. The average Bonchev–Trinajstić information content (AvgIpc) is 3.44. The number of β-amino-alcohol motifs (C(OH)–C–C–N with tert-alkyl or cyclic N) is 1. The minimum absolute atomic E-state index is 0.0923. The highest BCUT2D eigenvalue weighted by molar-refractivity contribution is 7.18. The highest BCUT2D eigenvalue weighted by atomic mass is 32.1. The molecule has 1 saturated heterocycles. The molecule has 3 heterocycles. The van der Waals surface area contributed by atoms with E-state index in [9.17, 15) is 14.7 Å². The molecule has 0 saturated carbocycles. The Labute approximate surface area is 184 Å². The second-order valence-corrected chi connectivity index (χ2v) is 9.45. The Morgan fingerprint density at radius 2 is 2.00 bits per heavy atom. The number of fused-ring (bicyclic) bond motifs is 1. The molecule has 1 fully saturated rings. The molecule has 1 aliphatic heterocycles. The number of nitrogens with zero attached hydrogens (tertiary/aromatic N) is 6. The van der Waals surface area contributed by atoms with Gasteiger partial charge in [0.15, 0.2) is 5.69 Å². The number of para-hydroxylation sites is 1. The van der Waals surface area contributed by atoms with Gasteiger partial charge in [-0.1, -0.05) is 31.2 Å². The van der Waals surface area contributed by atoms with Crippen LogP contribution in [0, 0.1) is 5.92 Å². The lowest BCUT2D eigenvalue weighted by molar-refractivity contribution is -0.137. The van der Waals surface area contributed by atoms with Gasteiger partial charge in [0.05, 0.1) is 28.6 Å². The predicted molar refractivity (Wildman–Crippen MR) is 117 cm³/mol. The first kappa shape index (κ1) is 21.4. The number of rotatable bonds is 5. The highest BCUT2D eigenvalue weighted by Gasteiger charge is 2.41. The third-order valence-corrected chi connectivity index (χ3v) is 6.60. The lowest BCUT2D eigenvalue weighted by atomic mass is 10.0. The molecule has 0 aliphatic carbocycles. The lowest BCUT2D eigenvalue weighted by Gasteiger charge is -2.29. The van der Waals surface area contributed by atoms with Crippen LogP contribution in [-0.2, 0) is 4.79 Å². The number of thiazole rings is 1. The molecule has 2 aromatic heterocycles. The fourth-order valence-electron chi connectivity index (χ4n) is 3.94. The minimum Gasteiger partial charge on any atom is -0.391 e. The Bertz CT molecular complexity index is 1070. The van der Waals surface area contributed by atoms with Crippen LogP contribution in [0.1, 0.15) is 47.8 Å². The summed E-state index contributed by atoms with van der Waals surface area (Å²) in [7, 11) is 3.28. The Hall–Kier alpha value is -2.85. The average molecular weight is 443 g/mol. The van der Waals surface area contributed by atoms with Crippen molar-refractivity contribution in [3.05, 3.63) is 41.2 Å². The van der Waals surface area contributed by atoms with E-state index in [0.29, 0.717) is 6.42 Å². The number of benzene rings is 1. The molecule has 1 aromatic carbocycles. The number of hydrogen-bond acceptors (Lipinski definition) is 7. The normalized spacial score (nSPS) is 19.9. The van der Waals surface area contributed by atoms with Crippen LogP contribution in [0.4, 0.5) is 0 Å².